The molecule has 5 heteroatoms. The zero-order valence-corrected chi connectivity index (χ0v) is 12.1. The number of phenolic OH excluding ortho intramolecular Hbond substituents is 2. The molecule has 0 aliphatic rings. The quantitative estimate of drug-likeness (QED) is 0.578. The standard InChI is InChI=1S/C13H18BrNO3/c1-8(2)11(5-6-14)15-13(18)10-7-9(16)3-4-12(10)17/h3-4,7-8,11,16-17H,5-6H2,1-2H3,(H,15,18). The van der Waals surface area contributed by atoms with E-state index < -0.39 is 0 Å². The number of carbonyl (C=O) groups is 1. The lowest BCUT2D eigenvalue weighted by atomic mass is 10.0. The van der Waals surface area contributed by atoms with Crippen molar-refractivity contribution in [3.63, 3.8) is 0 Å². The number of halogens is 1. The van der Waals surface area contributed by atoms with Gasteiger partial charge in [0.1, 0.15) is 11.5 Å². The van der Waals surface area contributed by atoms with E-state index in [9.17, 15) is 15.0 Å². The number of carbonyl (C=O) groups excluding carboxylic acids is 1. The van der Waals surface area contributed by atoms with Gasteiger partial charge < -0.3 is 15.5 Å². The Hall–Kier alpha value is -1.23. The van der Waals surface area contributed by atoms with Crippen LogP contribution in [0.2, 0.25) is 0 Å². The topological polar surface area (TPSA) is 69.6 Å². The fourth-order valence-corrected chi connectivity index (χ4v) is 2.14. The van der Waals surface area contributed by atoms with E-state index in [1.807, 2.05) is 13.8 Å². The van der Waals surface area contributed by atoms with Crippen molar-refractivity contribution < 1.29 is 15.0 Å². The molecule has 18 heavy (non-hydrogen) atoms. The van der Waals surface area contributed by atoms with Gasteiger partial charge in [0.05, 0.1) is 5.56 Å². The van der Waals surface area contributed by atoms with E-state index >= 15 is 0 Å². The van der Waals surface area contributed by atoms with E-state index in [1.165, 1.54) is 18.2 Å². The monoisotopic (exact) mass is 315 g/mol. The highest BCUT2D eigenvalue weighted by atomic mass is 79.9. The number of hydrogen-bond acceptors (Lipinski definition) is 3. The lowest BCUT2D eigenvalue weighted by Gasteiger charge is -2.21. The van der Waals surface area contributed by atoms with Crippen molar-refractivity contribution in [1.29, 1.82) is 0 Å². The highest BCUT2D eigenvalue weighted by molar-refractivity contribution is 9.09. The van der Waals surface area contributed by atoms with Crippen molar-refractivity contribution in [3.05, 3.63) is 23.8 Å². The average Bonchev–Trinajstić information content (AvgIpc) is 2.31. The highest BCUT2D eigenvalue weighted by Gasteiger charge is 2.18. The third-order valence-electron chi connectivity index (χ3n) is 2.77. The van der Waals surface area contributed by atoms with Crippen molar-refractivity contribution in [1.82, 2.24) is 5.32 Å². The number of benzene rings is 1. The summed E-state index contributed by atoms with van der Waals surface area (Å²) >= 11 is 3.35. The van der Waals surface area contributed by atoms with Crippen LogP contribution in [-0.2, 0) is 0 Å². The zero-order valence-electron chi connectivity index (χ0n) is 10.5. The van der Waals surface area contributed by atoms with Crippen LogP contribution in [0.4, 0.5) is 0 Å². The number of phenols is 2. The number of hydrogen-bond donors (Lipinski definition) is 3. The van der Waals surface area contributed by atoms with Crippen LogP contribution in [0.1, 0.15) is 30.6 Å². The van der Waals surface area contributed by atoms with Gasteiger partial charge in [-0.3, -0.25) is 4.79 Å². The maximum absolute atomic E-state index is 12.0. The van der Waals surface area contributed by atoms with Crippen LogP contribution in [0, 0.1) is 5.92 Å². The minimum atomic E-state index is -0.372. The first-order valence-corrected chi connectivity index (χ1v) is 6.96. The molecule has 0 saturated carbocycles. The second kappa shape index (κ2) is 6.64. The van der Waals surface area contributed by atoms with Gasteiger partial charge >= 0.3 is 0 Å². The predicted octanol–water partition coefficient (Wildman–Crippen LogP) is 2.64. The van der Waals surface area contributed by atoms with Gasteiger partial charge in [0, 0.05) is 11.4 Å². The molecule has 0 bridgehead atoms. The average molecular weight is 316 g/mol. The Bertz CT molecular complexity index is 421. The Morgan fingerprint density at radius 1 is 1.39 bits per heavy atom. The van der Waals surface area contributed by atoms with Crippen LogP contribution in [0.5, 0.6) is 11.5 Å². The molecule has 100 valence electrons. The second-order valence-electron chi connectivity index (χ2n) is 4.50. The van der Waals surface area contributed by atoms with Crippen molar-refractivity contribution in [3.8, 4) is 11.5 Å². The summed E-state index contributed by atoms with van der Waals surface area (Å²) in [5.41, 5.74) is 0.0928. The van der Waals surface area contributed by atoms with Crippen LogP contribution >= 0.6 is 15.9 Å². The minimum Gasteiger partial charge on any atom is -0.508 e. The Morgan fingerprint density at radius 3 is 2.61 bits per heavy atom. The van der Waals surface area contributed by atoms with Gasteiger partial charge in [-0.15, -0.1) is 0 Å². The molecule has 0 aliphatic carbocycles. The van der Waals surface area contributed by atoms with Gasteiger partial charge in [-0.05, 0) is 30.5 Å². The molecule has 1 amide bonds. The molecule has 0 spiro atoms. The van der Waals surface area contributed by atoms with Gasteiger partial charge in [-0.2, -0.15) is 0 Å². The van der Waals surface area contributed by atoms with Crippen molar-refractivity contribution in [2.45, 2.75) is 26.3 Å². The molecular formula is C13H18BrNO3. The molecule has 4 nitrogen and oxygen atoms in total. The summed E-state index contributed by atoms with van der Waals surface area (Å²) in [4.78, 5) is 12.0. The Morgan fingerprint density at radius 2 is 2.06 bits per heavy atom. The molecule has 0 fully saturated rings. The predicted molar refractivity (Wildman–Crippen MR) is 74.3 cm³/mol. The summed E-state index contributed by atoms with van der Waals surface area (Å²) in [5.74, 6) is -0.250. The molecule has 1 aromatic rings. The molecule has 1 aromatic carbocycles. The lowest BCUT2D eigenvalue weighted by molar-refractivity contribution is 0.0922. The van der Waals surface area contributed by atoms with Gasteiger partial charge in [0.15, 0.2) is 0 Å². The van der Waals surface area contributed by atoms with E-state index in [1.54, 1.807) is 0 Å². The summed E-state index contributed by atoms with van der Waals surface area (Å²) < 4.78 is 0. The Labute approximate surface area is 115 Å². The van der Waals surface area contributed by atoms with Crippen LogP contribution in [0.15, 0.2) is 18.2 Å². The first-order chi connectivity index (χ1) is 8.45. The first kappa shape index (κ1) is 14.8. The molecule has 3 N–H and O–H groups in total. The number of nitrogens with one attached hydrogen (secondary N) is 1. The molecule has 1 unspecified atom stereocenters. The second-order valence-corrected chi connectivity index (χ2v) is 5.30. The Kier molecular flexibility index (Phi) is 5.47. The molecule has 0 heterocycles. The summed E-state index contributed by atoms with van der Waals surface area (Å²) in [6, 6.07) is 3.93. The van der Waals surface area contributed by atoms with Crippen molar-refractivity contribution in [2.75, 3.05) is 5.33 Å². The smallest absolute Gasteiger partial charge is 0.255 e. The van der Waals surface area contributed by atoms with E-state index in [0.29, 0.717) is 5.92 Å². The maximum Gasteiger partial charge on any atom is 0.255 e. The van der Waals surface area contributed by atoms with Crippen LogP contribution in [-0.4, -0.2) is 27.5 Å². The van der Waals surface area contributed by atoms with Crippen LogP contribution in [0.3, 0.4) is 0 Å². The first-order valence-electron chi connectivity index (χ1n) is 5.84. The van der Waals surface area contributed by atoms with Gasteiger partial charge in [0.2, 0.25) is 0 Å². The minimum absolute atomic E-state index is 0.0265. The fraction of sp³-hybridized carbons (Fsp3) is 0.462. The van der Waals surface area contributed by atoms with Gasteiger partial charge in [-0.1, -0.05) is 29.8 Å². The SMILES string of the molecule is CC(C)C(CCBr)NC(=O)c1cc(O)ccc1O. The summed E-state index contributed by atoms with van der Waals surface area (Å²) in [7, 11) is 0. The number of aromatic hydroxyl groups is 2. The molecular weight excluding hydrogens is 298 g/mol. The molecule has 0 saturated heterocycles. The lowest BCUT2D eigenvalue weighted by Crippen LogP contribution is -2.38. The Balaban J connectivity index is 2.83. The zero-order chi connectivity index (χ0) is 13.7. The molecule has 1 rings (SSSR count). The fourth-order valence-electron chi connectivity index (χ4n) is 1.64. The van der Waals surface area contributed by atoms with Crippen LogP contribution < -0.4 is 5.32 Å². The molecule has 0 radical (unpaired) electrons. The van der Waals surface area contributed by atoms with E-state index in [4.69, 9.17) is 0 Å². The van der Waals surface area contributed by atoms with E-state index in [-0.39, 0.29) is 29.0 Å². The third kappa shape index (κ3) is 3.91. The normalized spacial score (nSPS) is 12.4. The van der Waals surface area contributed by atoms with Crippen molar-refractivity contribution >= 4 is 21.8 Å². The third-order valence-corrected chi connectivity index (χ3v) is 3.22. The molecule has 1 atom stereocenters. The van der Waals surface area contributed by atoms with Crippen molar-refractivity contribution in [2.24, 2.45) is 5.92 Å². The summed E-state index contributed by atoms with van der Waals surface area (Å²) in [6.45, 7) is 4.05. The van der Waals surface area contributed by atoms with Crippen LogP contribution in [0.25, 0.3) is 0 Å². The maximum atomic E-state index is 12.0. The molecule has 0 aliphatic heterocycles. The van der Waals surface area contributed by atoms with Gasteiger partial charge in [-0.25, -0.2) is 0 Å². The summed E-state index contributed by atoms with van der Waals surface area (Å²) in [5, 5.41) is 22.6. The van der Waals surface area contributed by atoms with E-state index in [0.717, 1.165) is 11.8 Å². The van der Waals surface area contributed by atoms with E-state index in [2.05, 4.69) is 21.2 Å². The molecule has 0 aromatic heterocycles. The number of rotatable bonds is 5. The number of amides is 1. The van der Waals surface area contributed by atoms with Gasteiger partial charge in [0.25, 0.3) is 5.91 Å². The summed E-state index contributed by atoms with van der Waals surface area (Å²) in [6.07, 6.45) is 0.809. The highest BCUT2D eigenvalue weighted by Crippen LogP contribution is 2.22. The largest absolute Gasteiger partial charge is 0.508 e. The number of alkyl halides is 1.